The molecule has 0 spiro atoms. The van der Waals surface area contributed by atoms with Crippen molar-refractivity contribution >= 4 is 17.5 Å². The number of amides is 2. The summed E-state index contributed by atoms with van der Waals surface area (Å²) in [6, 6.07) is 17.1. The molecule has 2 N–H and O–H groups in total. The molecule has 4 rings (SSSR count). The average Bonchev–Trinajstić information content (AvgIpc) is 3.11. The molecule has 6 heteroatoms. The van der Waals surface area contributed by atoms with Gasteiger partial charge >= 0.3 is 0 Å². The first-order valence-electron chi connectivity index (χ1n) is 11.2. The van der Waals surface area contributed by atoms with Crippen molar-refractivity contribution in [1.29, 1.82) is 0 Å². The zero-order valence-corrected chi connectivity index (χ0v) is 17.9. The van der Waals surface area contributed by atoms with Gasteiger partial charge in [0.2, 0.25) is 11.8 Å². The highest BCUT2D eigenvalue weighted by Crippen LogP contribution is 2.28. The minimum absolute atomic E-state index is 0.0267. The molecule has 2 aliphatic heterocycles. The lowest BCUT2D eigenvalue weighted by Crippen LogP contribution is -2.40. The van der Waals surface area contributed by atoms with Gasteiger partial charge in [-0.2, -0.15) is 0 Å². The van der Waals surface area contributed by atoms with Crippen molar-refractivity contribution in [3.63, 3.8) is 0 Å². The van der Waals surface area contributed by atoms with E-state index < -0.39 is 0 Å². The minimum Gasteiger partial charge on any atom is -0.508 e. The second-order valence-corrected chi connectivity index (χ2v) is 8.68. The lowest BCUT2D eigenvalue weighted by atomic mass is 9.92. The molecule has 0 saturated carbocycles. The van der Waals surface area contributed by atoms with Gasteiger partial charge < -0.3 is 15.3 Å². The van der Waals surface area contributed by atoms with Crippen molar-refractivity contribution in [2.75, 3.05) is 38.0 Å². The van der Waals surface area contributed by atoms with E-state index in [0.29, 0.717) is 24.7 Å². The first-order chi connectivity index (χ1) is 15.1. The number of hydrogen-bond donors (Lipinski definition) is 2. The highest BCUT2D eigenvalue weighted by molar-refractivity contribution is 5.93. The number of likely N-dealkylation sites (tertiary alicyclic amines) is 2. The van der Waals surface area contributed by atoms with Crippen molar-refractivity contribution in [3.8, 4) is 5.75 Å². The summed E-state index contributed by atoms with van der Waals surface area (Å²) < 4.78 is 0. The number of hydrogen-bond acceptors (Lipinski definition) is 4. The number of nitrogens with zero attached hydrogens (tertiary/aromatic N) is 2. The fourth-order valence-electron chi connectivity index (χ4n) is 4.67. The van der Waals surface area contributed by atoms with E-state index >= 15 is 0 Å². The molecule has 2 fully saturated rings. The van der Waals surface area contributed by atoms with E-state index in [1.54, 1.807) is 24.3 Å². The van der Waals surface area contributed by atoms with Crippen molar-refractivity contribution in [1.82, 2.24) is 9.80 Å². The predicted molar refractivity (Wildman–Crippen MR) is 121 cm³/mol. The van der Waals surface area contributed by atoms with Crippen LogP contribution in [0.15, 0.2) is 54.6 Å². The Morgan fingerprint density at radius 1 is 0.935 bits per heavy atom. The summed E-state index contributed by atoms with van der Waals surface area (Å²) in [5.41, 5.74) is 2.05. The third-order valence-corrected chi connectivity index (χ3v) is 6.49. The summed E-state index contributed by atoms with van der Waals surface area (Å²) in [6.45, 7) is 3.38. The van der Waals surface area contributed by atoms with Crippen LogP contribution in [0.1, 0.15) is 37.2 Å². The number of nitrogens with one attached hydrogen (secondary N) is 1. The zero-order chi connectivity index (χ0) is 21.6. The molecule has 2 aliphatic rings. The fourth-order valence-corrected chi connectivity index (χ4v) is 4.67. The second kappa shape index (κ2) is 9.96. The van der Waals surface area contributed by atoms with Crippen molar-refractivity contribution in [3.05, 3.63) is 60.2 Å². The van der Waals surface area contributed by atoms with Crippen LogP contribution < -0.4 is 5.32 Å². The van der Waals surface area contributed by atoms with E-state index in [4.69, 9.17) is 0 Å². The van der Waals surface area contributed by atoms with Crippen LogP contribution in [0.5, 0.6) is 5.75 Å². The molecule has 2 atom stereocenters. The normalized spacial score (nSPS) is 22.1. The Labute approximate surface area is 183 Å². The summed E-state index contributed by atoms with van der Waals surface area (Å²) in [4.78, 5) is 29.6. The van der Waals surface area contributed by atoms with E-state index in [2.05, 4.69) is 34.5 Å². The van der Waals surface area contributed by atoms with Crippen LogP contribution in [-0.4, -0.2) is 59.4 Å². The Morgan fingerprint density at radius 2 is 1.71 bits per heavy atom. The first-order valence-corrected chi connectivity index (χ1v) is 11.2. The Morgan fingerprint density at radius 3 is 2.48 bits per heavy atom. The van der Waals surface area contributed by atoms with Crippen molar-refractivity contribution < 1.29 is 14.7 Å². The molecule has 2 aromatic carbocycles. The summed E-state index contributed by atoms with van der Waals surface area (Å²) >= 11 is 0. The van der Waals surface area contributed by atoms with Crippen LogP contribution in [0, 0.1) is 5.92 Å². The molecule has 2 amide bonds. The molecule has 6 nitrogen and oxygen atoms in total. The summed E-state index contributed by atoms with van der Waals surface area (Å²) in [5, 5.41) is 12.3. The number of anilines is 1. The molecule has 0 radical (unpaired) electrons. The van der Waals surface area contributed by atoms with Gasteiger partial charge in [0.15, 0.2) is 0 Å². The molecule has 2 saturated heterocycles. The molecule has 0 aromatic heterocycles. The van der Waals surface area contributed by atoms with E-state index in [9.17, 15) is 14.7 Å². The Bertz CT molecular complexity index is 885. The molecular formula is C25H31N3O3. The van der Waals surface area contributed by atoms with Crippen molar-refractivity contribution in [2.45, 2.75) is 31.6 Å². The highest BCUT2D eigenvalue weighted by Gasteiger charge is 2.31. The first kappa shape index (κ1) is 21.4. The topological polar surface area (TPSA) is 72.9 Å². The Kier molecular flexibility index (Phi) is 6.87. The largest absolute Gasteiger partial charge is 0.508 e. The van der Waals surface area contributed by atoms with E-state index in [1.807, 2.05) is 11.0 Å². The monoisotopic (exact) mass is 421 g/mol. The summed E-state index contributed by atoms with van der Waals surface area (Å²) in [6.07, 6.45) is 3.92. The van der Waals surface area contributed by atoms with Crippen LogP contribution >= 0.6 is 0 Å². The van der Waals surface area contributed by atoms with Gasteiger partial charge in [-0.15, -0.1) is 0 Å². The van der Waals surface area contributed by atoms with Crippen LogP contribution in [0.3, 0.4) is 0 Å². The number of benzene rings is 2. The van der Waals surface area contributed by atoms with Gasteiger partial charge in [0, 0.05) is 25.3 Å². The molecule has 164 valence electrons. The van der Waals surface area contributed by atoms with Gasteiger partial charge in [0.25, 0.3) is 0 Å². The molecule has 0 bridgehead atoms. The zero-order valence-electron chi connectivity index (χ0n) is 17.9. The third-order valence-electron chi connectivity index (χ3n) is 6.49. The van der Waals surface area contributed by atoms with Crippen LogP contribution in [0.25, 0.3) is 0 Å². The minimum atomic E-state index is -0.117. The molecule has 0 aliphatic carbocycles. The molecule has 2 heterocycles. The van der Waals surface area contributed by atoms with Gasteiger partial charge in [0.05, 0.1) is 12.5 Å². The number of rotatable bonds is 5. The molecule has 31 heavy (non-hydrogen) atoms. The quantitative estimate of drug-likeness (QED) is 0.726. The van der Waals surface area contributed by atoms with Gasteiger partial charge in [-0.3, -0.25) is 14.5 Å². The van der Waals surface area contributed by atoms with Crippen LogP contribution in [-0.2, 0) is 9.59 Å². The van der Waals surface area contributed by atoms with Gasteiger partial charge in [-0.25, -0.2) is 0 Å². The number of phenolic OH excluding ortho intramolecular Hbond substituents is 1. The second-order valence-electron chi connectivity index (χ2n) is 8.68. The average molecular weight is 422 g/mol. The standard InChI is InChI=1S/C25H31N3O3/c29-23-10-8-22(9-11-23)26-25(31)21-12-15-27(17-21)18-24(30)28-14-4-7-20(13-16-28)19-5-2-1-3-6-19/h1-3,5-6,8-11,20-21,29H,4,7,12-18H2,(H,26,31)/t20?,21-/m1/s1. The highest BCUT2D eigenvalue weighted by atomic mass is 16.3. The lowest BCUT2D eigenvalue weighted by Gasteiger charge is -2.24. The van der Waals surface area contributed by atoms with Gasteiger partial charge in [-0.05, 0) is 68.0 Å². The van der Waals surface area contributed by atoms with Gasteiger partial charge in [-0.1, -0.05) is 30.3 Å². The Hall–Kier alpha value is -2.86. The number of aromatic hydroxyl groups is 1. The maximum atomic E-state index is 12.9. The maximum absolute atomic E-state index is 12.9. The van der Waals surface area contributed by atoms with E-state index in [-0.39, 0.29) is 23.5 Å². The maximum Gasteiger partial charge on any atom is 0.236 e. The van der Waals surface area contributed by atoms with Crippen molar-refractivity contribution in [2.24, 2.45) is 5.92 Å². The summed E-state index contributed by atoms with van der Waals surface area (Å²) in [5.74, 6) is 0.730. The summed E-state index contributed by atoms with van der Waals surface area (Å²) in [7, 11) is 0. The smallest absolute Gasteiger partial charge is 0.236 e. The van der Waals surface area contributed by atoms with E-state index in [0.717, 1.165) is 45.3 Å². The van der Waals surface area contributed by atoms with Crippen LogP contribution in [0.4, 0.5) is 5.69 Å². The Balaban J connectivity index is 1.24. The SMILES string of the molecule is O=C(Nc1ccc(O)cc1)[C@@H]1CCN(CC(=O)N2CCCC(c3ccccc3)CC2)C1. The third kappa shape index (κ3) is 5.64. The van der Waals surface area contributed by atoms with Gasteiger partial charge in [0.1, 0.15) is 5.75 Å². The predicted octanol–water partition coefficient (Wildman–Crippen LogP) is 3.45. The number of carbonyl (C=O) groups is 2. The van der Waals surface area contributed by atoms with Crippen LogP contribution in [0.2, 0.25) is 0 Å². The molecule has 1 unspecified atom stereocenters. The number of carbonyl (C=O) groups excluding carboxylic acids is 2. The number of phenols is 1. The van der Waals surface area contributed by atoms with E-state index in [1.165, 1.54) is 5.56 Å². The lowest BCUT2D eigenvalue weighted by molar-refractivity contribution is -0.132. The fraction of sp³-hybridized carbons (Fsp3) is 0.440. The molecule has 2 aromatic rings. The molecular weight excluding hydrogens is 390 g/mol.